The number of anilines is 1. The van der Waals surface area contributed by atoms with E-state index in [0.29, 0.717) is 16.1 Å². The van der Waals surface area contributed by atoms with E-state index in [4.69, 9.17) is 0 Å². The number of hydrogen-bond acceptors (Lipinski definition) is 4. The standard InChI is InChI=1S/C20H17NO3S2.C2H6.CH3.Y/c1-13-8-6-7-11-15(13)20-18(22)19-16(21(2)26(20,23)24)12-17(25-19)14-9-4-3-5-10-14;1-2;;/h3-12,22H,1-2H3;1-2H3;1H3;/q;;-1;. The quantitative estimate of drug-likeness (QED) is 0.403. The molecule has 7 heteroatoms. The predicted molar refractivity (Wildman–Crippen MR) is 125 cm³/mol. The van der Waals surface area contributed by atoms with Crippen LogP contribution in [0.3, 0.4) is 0 Å². The summed E-state index contributed by atoms with van der Waals surface area (Å²) in [5.74, 6) is -0.181. The molecule has 2 aromatic carbocycles. The molecule has 0 bridgehead atoms. The molecule has 0 saturated heterocycles. The van der Waals surface area contributed by atoms with E-state index in [0.717, 1.165) is 16.0 Å². The molecule has 1 N–H and O–H groups in total. The Labute approximate surface area is 209 Å². The van der Waals surface area contributed by atoms with Gasteiger partial charge in [-0.15, -0.1) is 11.3 Å². The Bertz CT molecular complexity index is 1140. The van der Waals surface area contributed by atoms with Crippen LogP contribution in [-0.2, 0) is 42.7 Å². The van der Waals surface area contributed by atoms with Crippen molar-refractivity contribution in [2.24, 2.45) is 0 Å². The third-order valence-corrected chi connectivity index (χ3v) is 7.58. The fourth-order valence-electron chi connectivity index (χ4n) is 3.12. The maximum atomic E-state index is 13.1. The first-order valence-corrected chi connectivity index (χ1v) is 11.3. The molecular weight excluding hydrogens is 491 g/mol. The number of nitrogens with zero attached hydrogens (tertiary/aromatic N) is 1. The summed E-state index contributed by atoms with van der Waals surface area (Å²) in [6.45, 7) is 5.84. The van der Waals surface area contributed by atoms with Crippen LogP contribution in [0.2, 0.25) is 0 Å². The first-order chi connectivity index (χ1) is 13.4. The van der Waals surface area contributed by atoms with Gasteiger partial charge in [0.15, 0.2) is 5.76 Å². The number of aryl methyl sites for hydroxylation is 1. The van der Waals surface area contributed by atoms with Gasteiger partial charge >= 0.3 is 0 Å². The molecule has 0 amide bonds. The Hall–Kier alpha value is -1.47. The van der Waals surface area contributed by atoms with Crippen molar-refractivity contribution in [2.45, 2.75) is 20.8 Å². The van der Waals surface area contributed by atoms with Gasteiger partial charge in [0.25, 0.3) is 10.0 Å². The van der Waals surface area contributed by atoms with Crippen LogP contribution in [0.25, 0.3) is 21.1 Å². The molecule has 3 aromatic rings. The SMILES string of the molecule is CC.Cc1ccccc1C1=C(O)c2sc(-c3ccccc3)cc2N(C)S1(=O)=O.[CH3-].[Y]. The van der Waals surface area contributed by atoms with E-state index in [2.05, 4.69) is 0 Å². The van der Waals surface area contributed by atoms with Gasteiger partial charge in [-0.25, -0.2) is 8.42 Å². The molecule has 1 aromatic heterocycles. The number of benzene rings is 2. The average Bonchev–Trinajstić information content (AvgIpc) is 3.16. The van der Waals surface area contributed by atoms with Gasteiger partial charge in [0.05, 0.1) is 10.6 Å². The van der Waals surface area contributed by atoms with Gasteiger partial charge in [0.2, 0.25) is 0 Å². The molecule has 0 atom stereocenters. The number of aliphatic hydroxyl groups excluding tert-OH is 1. The van der Waals surface area contributed by atoms with Crippen LogP contribution < -0.4 is 4.31 Å². The maximum Gasteiger partial charge on any atom is 0.268 e. The van der Waals surface area contributed by atoms with Gasteiger partial charge in [0, 0.05) is 50.2 Å². The second kappa shape index (κ2) is 10.7. The minimum absolute atomic E-state index is 0. The summed E-state index contributed by atoms with van der Waals surface area (Å²) in [6, 6.07) is 18.7. The number of rotatable bonds is 2. The fraction of sp³-hybridized carbons (Fsp3) is 0.174. The zero-order chi connectivity index (χ0) is 20.5. The first kappa shape index (κ1) is 26.6. The molecular formula is C23H26NO3S2Y-. The largest absolute Gasteiger partial charge is 0.505 e. The van der Waals surface area contributed by atoms with E-state index in [1.54, 1.807) is 12.1 Å². The second-order valence-corrected chi connectivity index (χ2v) is 9.11. The fourth-order valence-corrected chi connectivity index (χ4v) is 5.91. The van der Waals surface area contributed by atoms with Crippen LogP contribution in [0.4, 0.5) is 5.69 Å². The molecule has 1 aliphatic heterocycles. The Kier molecular flexibility index (Phi) is 9.49. The molecule has 1 radical (unpaired) electrons. The molecule has 0 saturated carbocycles. The number of thiophene rings is 1. The summed E-state index contributed by atoms with van der Waals surface area (Å²) in [5.41, 5.74) is 2.82. The van der Waals surface area contributed by atoms with Crippen LogP contribution >= 0.6 is 11.3 Å². The van der Waals surface area contributed by atoms with E-state index in [9.17, 15) is 13.5 Å². The summed E-state index contributed by atoms with van der Waals surface area (Å²) in [5, 5.41) is 10.9. The van der Waals surface area contributed by atoms with Crippen molar-refractivity contribution in [3.8, 4) is 10.4 Å². The Morgan fingerprint density at radius 2 is 1.53 bits per heavy atom. The normalized spacial score (nSPS) is 13.9. The Balaban J connectivity index is 0.00000109. The number of sulfonamides is 1. The molecule has 157 valence electrons. The van der Waals surface area contributed by atoms with Crippen molar-refractivity contribution in [1.82, 2.24) is 0 Å². The second-order valence-electron chi connectivity index (χ2n) is 6.16. The number of aliphatic hydroxyl groups is 1. The third kappa shape index (κ3) is 4.57. The van der Waals surface area contributed by atoms with Crippen molar-refractivity contribution in [1.29, 1.82) is 0 Å². The van der Waals surface area contributed by atoms with Crippen molar-refractivity contribution < 1.29 is 46.2 Å². The summed E-state index contributed by atoms with van der Waals surface area (Å²) < 4.78 is 27.5. The third-order valence-electron chi connectivity index (χ3n) is 4.55. The monoisotopic (exact) mass is 517 g/mol. The predicted octanol–water partition coefficient (Wildman–Crippen LogP) is 6.36. The van der Waals surface area contributed by atoms with Crippen LogP contribution in [0.1, 0.15) is 29.9 Å². The first-order valence-electron chi connectivity index (χ1n) is 9.09. The molecule has 0 spiro atoms. The summed E-state index contributed by atoms with van der Waals surface area (Å²) in [4.78, 5) is 1.45. The summed E-state index contributed by atoms with van der Waals surface area (Å²) >= 11 is 1.39. The molecule has 30 heavy (non-hydrogen) atoms. The Morgan fingerprint density at radius 1 is 0.967 bits per heavy atom. The van der Waals surface area contributed by atoms with Crippen LogP contribution in [-0.4, -0.2) is 20.6 Å². The van der Waals surface area contributed by atoms with Crippen LogP contribution in [0.15, 0.2) is 60.7 Å². The molecule has 0 aliphatic carbocycles. The van der Waals surface area contributed by atoms with E-state index < -0.39 is 10.0 Å². The van der Waals surface area contributed by atoms with Crippen molar-refractivity contribution in [2.75, 3.05) is 11.4 Å². The minimum Gasteiger partial charge on any atom is -0.505 e. The maximum absolute atomic E-state index is 13.1. The van der Waals surface area contributed by atoms with Gasteiger partial charge in [-0.05, 0) is 24.1 Å². The summed E-state index contributed by atoms with van der Waals surface area (Å²) in [7, 11) is -2.31. The van der Waals surface area contributed by atoms with Crippen molar-refractivity contribution >= 4 is 37.7 Å². The van der Waals surface area contributed by atoms with E-state index in [1.807, 2.05) is 69.3 Å². The summed E-state index contributed by atoms with van der Waals surface area (Å²) in [6.07, 6.45) is 0. The Morgan fingerprint density at radius 3 is 2.13 bits per heavy atom. The van der Waals surface area contributed by atoms with Gasteiger partial charge in [-0.1, -0.05) is 68.4 Å². The van der Waals surface area contributed by atoms with Gasteiger partial charge in [-0.2, -0.15) is 0 Å². The van der Waals surface area contributed by atoms with Crippen molar-refractivity contribution in [3.63, 3.8) is 0 Å². The molecule has 1 aliphatic rings. The number of hydrogen-bond donors (Lipinski definition) is 1. The van der Waals surface area contributed by atoms with Gasteiger partial charge in [0.1, 0.15) is 4.91 Å². The average molecular weight is 518 g/mol. The number of fused-ring (bicyclic) bond motifs is 1. The molecule has 0 fully saturated rings. The molecule has 4 nitrogen and oxygen atoms in total. The van der Waals surface area contributed by atoms with Gasteiger partial charge in [-0.3, -0.25) is 4.31 Å². The minimum atomic E-state index is -3.84. The van der Waals surface area contributed by atoms with Crippen LogP contribution in [0, 0.1) is 14.4 Å². The van der Waals surface area contributed by atoms with Gasteiger partial charge < -0.3 is 12.5 Å². The van der Waals surface area contributed by atoms with Crippen molar-refractivity contribution in [3.05, 3.63) is 84.1 Å². The van der Waals surface area contributed by atoms with Crippen LogP contribution in [0.5, 0.6) is 0 Å². The molecule has 4 rings (SSSR count). The topological polar surface area (TPSA) is 57.6 Å². The zero-order valence-corrected chi connectivity index (χ0v) is 22.3. The zero-order valence-electron chi connectivity index (χ0n) is 17.9. The molecule has 0 unspecified atom stereocenters. The smallest absolute Gasteiger partial charge is 0.268 e. The van der Waals surface area contributed by atoms with E-state index in [-0.39, 0.29) is 50.8 Å². The van der Waals surface area contributed by atoms with E-state index in [1.165, 1.54) is 22.7 Å². The van der Waals surface area contributed by atoms with E-state index >= 15 is 0 Å². The molecule has 2 heterocycles.